The average Bonchev–Trinajstić information content (AvgIpc) is 3.28. The van der Waals surface area contributed by atoms with Crippen LogP contribution in [0.2, 0.25) is 0 Å². The lowest BCUT2D eigenvalue weighted by molar-refractivity contribution is -0.136. The molecule has 6 nitrogen and oxygen atoms in total. The first kappa shape index (κ1) is 18.4. The van der Waals surface area contributed by atoms with E-state index in [1.54, 1.807) is 12.3 Å². The molecule has 2 amide bonds. The van der Waals surface area contributed by atoms with Crippen LogP contribution < -0.4 is 0 Å². The molecular weight excluding hydrogens is 340 g/mol. The number of aromatic nitrogens is 1. The molecular formula is C21H30N4O2. The van der Waals surface area contributed by atoms with E-state index in [9.17, 15) is 9.59 Å². The van der Waals surface area contributed by atoms with Gasteiger partial charge in [-0.15, -0.1) is 0 Å². The van der Waals surface area contributed by atoms with Gasteiger partial charge in [-0.3, -0.25) is 19.5 Å². The van der Waals surface area contributed by atoms with Gasteiger partial charge in [-0.1, -0.05) is 6.07 Å². The van der Waals surface area contributed by atoms with E-state index in [1.807, 2.05) is 17.0 Å². The molecule has 6 heteroatoms. The highest BCUT2D eigenvalue weighted by Crippen LogP contribution is 2.26. The first-order chi connectivity index (χ1) is 13.2. The summed E-state index contributed by atoms with van der Waals surface area (Å²) in [6.07, 6.45) is 8.10. The number of nitrogens with zero attached hydrogens (tertiary/aromatic N) is 4. The van der Waals surface area contributed by atoms with E-state index in [4.69, 9.17) is 0 Å². The van der Waals surface area contributed by atoms with E-state index in [0.717, 1.165) is 77.8 Å². The number of pyridine rings is 1. The van der Waals surface area contributed by atoms with Crippen molar-refractivity contribution in [1.29, 1.82) is 0 Å². The van der Waals surface area contributed by atoms with Crippen LogP contribution in [0.3, 0.4) is 0 Å². The predicted molar refractivity (Wildman–Crippen MR) is 103 cm³/mol. The van der Waals surface area contributed by atoms with Crippen LogP contribution in [0.15, 0.2) is 24.4 Å². The number of hydrogen-bond donors (Lipinski definition) is 0. The summed E-state index contributed by atoms with van der Waals surface area (Å²) in [5.41, 5.74) is 0.533. The molecule has 0 aliphatic carbocycles. The van der Waals surface area contributed by atoms with Crippen molar-refractivity contribution < 1.29 is 9.59 Å². The molecule has 0 bridgehead atoms. The fraction of sp³-hybridized carbons (Fsp3) is 0.667. The number of carbonyl (C=O) groups is 2. The Labute approximate surface area is 161 Å². The van der Waals surface area contributed by atoms with Gasteiger partial charge in [0, 0.05) is 45.0 Å². The molecule has 3 saturated heterocycles. The summed E-state index contributed by atoms with van der Waals surface area (Å²) < 4.78 is 0. The highest BCUT2D eigenvalue weighted by molar-refractivity contribution is 5.92. The number of amides is 2. The van der Waals surface area contributed by atoms with Gasteiger partial charge in [0.25, 0.3) is 5.91 Å². The molecule has 1 atom stereocenters. The first-order valence-electron chi connectivity index (χ1n) is 10.5. The van der Waals surface area contributed by atoms with Crippen molar-refractivity contribution in [1.82, 2.24) is 19.7 Å². The summed E-state index contributed by atoms with van der Waals surface area (Å²) >= 11 is 0. The minimum absolute atomic E-state index is 0.0368. The average molecular weight is 370 g/mol. The van der Waals surface area contributed by atoms with Gasteiger partial charge in [-0.05, 0) is 57.2 Å². The SMILES string of the molecule is O=C(c1ccccn1)N1CCC(N2CCC[C@H](C(=O)N3CCCC3)C2)CC1. The number of rotatable bonds is 3. The Morgan fingerprint density at radius 1 is 0.889 bits per heavy atom. The van der Waals surface area contributed by atoms with E-state index in [2.05, 4.69) is 14.8 Å². The van der Waals surface area contributed by atoms with E-state index in [0.29, 0.717) is 17.6 Å². The normalized spacial score (nSPS) is 25.0. The molecule has 1 aromatic rings. The molecule has 0 unspecified atom stereocenters. The van der Waals surface area contributed by atoms with Gasteiger partial charge in [0.1, 0.15) is 5.69 Å². The molecule has 4 heterocycles. The van der Waals surface area contributed by atoms with Gasteiger partial charge in [-0.2, -0.15) is 0 Å². The number of hydrogen-bond acceptors (Lipinski definition) is 4. The molecule has 0 radical (unpaired) electrons. The standard InChI is InChI=1S/C21H30N4O2/c26-20(23-11-3-4-12-23)17-6-5-13-25(16-17)18-8-14-24(15-9-18)21(27)19-7-1-2-10-22-19/h1-2,7,10,17-18H,3-6,8-9,11-16H2/t17-/m0/s1. The van der Waals surface area contributed by atoms with Gasteiger partial charge >= 0.3 is 0 Å². The Bertz CT molecular complexity index is 651. The van der Waals surface area contributed by atoms with Crippen LogP contribution in [-0.4, -0.2) is 76.8 Å². The Balaban J connectivity index is 1.30. The molecule has 0 spiro atoms. The van der Waals surface area contributed by atoms with E-state index < -0.39 is 0 Å². The fourth-order valence-corrected chi connectivity index (χ4v) is 4.82. The van der Waals surface area contributed by atoms with Crippen molar-refractivity contribution in [3.63, 3.8) is 0 Å². The predicted octanol–water partition coefficient (Wildman–Crippen LogP) is 2.02. The molecule has 27 heavy (non-hydrogen) atoms. The molecule has 0 aromatic carbocycles. The van der Waals surface area contributed by atoms with Crippen LogP contribution in [0.5, 0.6) is 0 Å². The van der Waals surface area contributed by atoms with Crippen molar-refractivity contribution in [3.8, 4) is 0 Å². The van der Waals surface area contributed by atoms with Crippen LogP contribution in [0.4, 0.5) is 0 Å². The Morgan fingerprint density at radius 2 is 1.67 bits per heavy atom. The topological polar surface area (TPSA) is 56.8 Å². The second-order valence-corrected chi connectivity index (χ2v) is 8.10. The van der Waals surface area contributed by atoms with Crippen molar-refractivity contribution in [3.05, 3.63) is 30.1 Å². The Kier molecular flexibility index (Phi) is 5.72. The van der Waals surface area contributed by atoms with Crippen LogP contribution >= 0.6 is 0 Å². The molecule has 3 aliphatic rings. The van der Waals surface area contributed by atoms with Crippen molar-refractivity contribution in [2.45, 2.75) is 44.6 Å². The molecule has 4 rings (SSSR count). The summed E-state index contributed by atoms with van der Waals surface area (Å²) in [6.45, 7) is 5.44. The smallest absolute Gasteiger partial charge is 0.272 e. The lowest BCUT2D eigenvalue weighted by Gasteiger charge is -2.42. The van der Waals surface area contributed by atoms with Crippen LogP contribution in [0, 0.1) is 5.92 Å². The molecule has 0 saturated carbocycles. The zero-order valence-corrected chi connectivity index (χ0v) is 16.1. The first-order valence-corrected chi connectivity index (χ1v) is 10.5. The lowest BCUT2D eigenvalue weighted by Crippen LogP contribution is -2.51. The van der Waals surface area contributed by atoms with Gasteiger partial charge in [0.15, 0.2) is 0 Å². The summed E-state index contributed by atoms with van der Waals surface area (Å²) in [7, 11) is 0. The number of piperidine rings is 2. The molecule has 146 valence electrons. The number of likely N-dealkylation sites (tertiary alicyclic amines) is 3. The summed E-state index contributed by atoms with van der Waals surface area (Å²) in [5.74, 6) is 0.583. The third-order valence-electron chi connectivity index (χ3n) is 6.37. The van der Waals surface area contributed by atoms with E-state index in [1.165, 1.54) is 0 Å². The zero-order chi connectivity index (χ0) is 18.6. The third-order valence-corrected chi connectivity index (χ3v) is 6.37. The number of carbonyl (C=O) groups excluding carboxylic acids is 2. The van der Waals surface area contributed by atoms with Gasteiger partial charge in [0.2, 0.25) is 5.91 Å². The second kappa shape index (κ2) is 8.38. The van der Waals surface area contributed by atoms with Crippen molar-refractivity contribution >= 4 is 11.8 Å². The molecule has 1 aromatic heterocycles. The Hall–Kier alpha value is -1.95. The van der Waals surface area contributed by atoms with Gasteiger partial charge < -0.3 is 9.80 Å². The molecule has 0 N–H and O–H groups in total. The van der Waals surface area contributed by atoms with E-state index in [-0.39, 0.29) is 11.8 Å². The van der Waals surface area contributed by atoms with Crippen LogP contribution in [0.25, 0.3) is 0 Å². The molecule has 3 aliphatic heterocycles. The Morgan fingerprint density at radius 3 is 2.37 bits per heavy atom. The summed E-state index contributed by atoms with van der Waals surface area (Å²) in [4.78, 5) is 36.0. The summed E-state index contributed by atoms with van der Waals surface area (Å²) in [6, 6.07) is 5.97. The maximum Gasteiger partial charge on any atom is 0.272 e. The van der Waals surface area contributed by atoms with Crippen molar-refractivity contribution in [2.75, 3.05) is 39.3 Å². The van der Waals surface area contributed by atoms with Gasteiger partial charge in [-0.25, -0.2) is 0 Å². The highest BCUT2D eigenvalue weighted by atomic mass is 16.2. The lowest BCUT2D eigenvalue weighted by atomic mass is 9.93. The third kappa shape index (κ3) is 4.15. The minimum Gasteiger partial charge on any atom is -0.342 e. The highest BCUT2D eigenvalue weighted by Gasteiger charge is 2.34. The monoisotopic (exact) mass is 370 g/mol. The zero-order valence-electron chi connectivity index (χ0n) is 16.1. The summed E-state index contributed by atoms with van der Waals surface area (Å²) in [5, 5.41) is 0. The fourth-order valence-electron chi connectivity index (χ4n) is 4.82. The van der Waals surface area contributed by atoms with Crippen molar-refractivity contribution in [2.24, 2.45) is 5.92 Å². The minimum atomic E-state index is 0.0368. The van der Waals surface area contributed by atoms with Crippen LogP contribution in [-0.2, 0) is 4.79 Å². The second-order valence-electron chi connectivity index (χ2n) is 8.10. The quantitative estimate of drug-likeness (QED) is 0.817. The van der Waals surface area contributed by atoms with E-state index >= 15 is 0 Å². The largest absolute Gasteiger partial charge is 0.342 e. The molecule has 3 fully saturated rings. The van der Waals surface area contributed by atoms with Crippen LogP contribution in [0.1, 0.15) is 49.0 Å². The van der Waals surface area contributed by atoms with Gasteiger partial charge in [0.05, 0.1) is 5.92 Å². The maximum atomic E-state index is 12.8. The maximum absolute atomic E-state index is 12.8.